The molecule has 7 nitrogen and oxygen atoms in total. The van der Waals surface area contributed by atoms with Gasteiger partial charge in [0.2, 0.25) is 21.2 Å². The number of hydrogen-bond acceptors (Lipinski definition) is 5. The lowest BCUT2D eigenvalue weighted by atomic mass is 10.4. The van der Waals surface area contributed by atoms with Crippen molar-refractivity contribution in [1.82, 2.24) is 19.2 Å². The minimum atomic E-state index is -3.81. The molecule has 0 aliphatic heterocycles. The maximum Gasteiger partial charge on any atom is 0.246 e. The van der Waals surface area contributed by atoms with Gasteiger partial charge in [0.15, 0.2) is 0 Å². The SMILES string of the molecule is CCCN(CC(=O)N(C)C)S(=O)(=O)c1cnc(Cl)nc1. The Labute approximate surface area is 123 Å². The summed E-state index contributed by atoms with van der Waals surface area (Å²) < 4.78 is 26.0. The second-order valence-corrected chi connectivity index (χ2v) is 6.59. The Kier molecular flexibility index (Phi) is 5.85. The minimum Gasteiger partial charge on any atom is -0.348 e. The van der Waals surface area contributed by atoms with Crippen molar-refractivity contribution in [2.24, 2.45) is 0 Å². The molecule has 0 aromatic carbocycles. The molecule has 0 aliphatic carbocycles. The van der Waals surface area contributed by atoms with Gasteiger partial charge in [-0.1, -0.05) is 6.92 Å². The number of likely N-dealkylation sites (N-methyl/N-ethyl adjacent to an activating group) is 1. The van der Waals surface area contributed by atoms with E-state index >= 15 is 0 Å². The molecule has 0 N–H and O–H groups in total. The first-order valence-electron chi connectivity index (χ1n) is 5.97. The highest BCUT2D eigenvalue weighted by molar-refractivity contribution is 7.89. The van der Waals surface area contributed by atoms with Gasteiger partial charge in [0.1, 0.15) is 4.90 Å². The van der Waals surface area contributed by atoms with E-state index in [1.54, 1.807) is 14.1 Å². The fourth-order valence-electron chi connectivity index (χ4n) is 1.41. The van der Waals surface area contributed by atoms with Crippen LogP contribution >= 0.6 is 11.6 Å². The first kappa shape index (κ1) is 16.8. The van der Waals surface area contributed by atoms with Crippen molar-refractivity contribution in [3.8, 4) is 0 Å². The highest BCUT2D eigenvalue weighted by Gasteiger charge is 2.27. The van der Waals surface area contributed by atoms with Gasteiger partial charge in [-0.25, -0.2) is 18.4 Å². The Morgan fingerprint density at radius 2 is 1.85 bits per heavy atom. The minimum absolute atomic E-state index is 0.0321. The third kappa shape index (κ3) is 4.12. The van der Waals surface area contributed by atoms with E-state index in [0.29, 0.717) is 6.42 Å². The van der Waals surface area contributed by atoms with Gasteiger partial charge < -0.3 is 4.90 Å². The van der Waals surface area contributed by atoms with Crippen LogP contribution in [0, 0.1) is 0 Å². The Balaban J connectivity index is 3.05. The average molecular weight is 321 g/mol. The Morgan fingerprint density at radius 1 is 1.30 bits per heavy atom. The molecular formula is C11H17ClN4O3S. The number of sulfonamides is 1. The monoisotopic (exact) mass is 320 g/mol. The lowest BCUT2D eigenvalue weighted by Gasteiger charge is -2.22. The smallest absolute Gasteiger partial charge is 0.246 e. The topological polar surface area (TPSA) is 83.5 Å². The number of carbonyl (C=O) groups is 1. The molecule has 0 radical (unpaired) electrons. The standard InChI is InChI=1S/C11H17ClN4O3S/c1-4-5-16(8-10(17)15(2)3)20(18,19)9-6-13-11(12)14-7-9/h6-7H,4-5,8H2,1-3H3. The molecular weight excluding hydrogens is 304 g/mol. The third-order valence-corrected chi connectivity index (χ3v) is 4.51. The summed E-state index contributed by atoms with van der Waals surface area (Å²) in [5.41, 5.74) is 0. The van der Waals surface area contributed by atoms with Crippen LogP contribution in [0.5, 0.6) is 0 Å². The van der Waals surface area contributed by atoms with Crippen LogP contribution in [0.1, 0.15) is 13.3 Å². The van der Waals surface area contributed by atoms with Crippen molar-refractivity contribution in [2.45, 2.75) is 18.2 Å². The van der Waals surface area contributed by atoms with Crippen molar-refractivity contribution in [3.63, 3.8) is 0 Å². The predicted octanol–water partition coefficient (Wildman–Crippen LogP) is 0.619. The van der Waals surface area contributed by atoms with Gasteiger partial charge >= 0.3 is 0 Å². The Hall–Kier alpha value is -1.25. The van der Waals surface area contributed by atoms with Gasteiger partial charge in [0.05, 0.1) is 18.9 Å². The summed E-state index contributed by atoms with van der Waals surface area (Å²) in [5.74, 6) is -0.295. The third-order valence-electron chi connectivity index (χ3n) is 2.52. The molecule has 1 aromatic rings. The molecule has 1 rings (SSSR count). The van der Waals surface area contributed by atoms with E-state index in [1.165, 1.54) is 4.90 Å². The largest absolute Gasteiger partial charge is 0.348 e. The number of aromatic nitrogens is 2. The van der Waals surface area contributed by atoms with E-state index in [2.05, 4.69) is 9.97 Å². The van der Waals surface area contributed by atoms with Crippen LogP contribution in [-0.2, 0) is 14.8 Å². The van der Waals surface area contributed by atoms with Gasteiger partial charge in [0.25, 0.3) is 0 Å². The Morgan fingerprint density at radius 3 is 2.30 bits per heavy atom. The van der Waals surface area contributed by atoms with E-state index in [4.69, 9.17) is 11.6 Å². The highest BCUT2D eigenvalue weighted by Crippen LogP contribution is 2.15. The summed E-state index contributed by atoms with van der Waals surface area (Å²) in [7, 11) is -0.659. The molecule has 0 bridgehead atoms. The molecule has 0 unspecified atom stereocenters. The molecule has 0 aliphatic rings. The molecule has 0 spiro atoms. The molecule has 0 saturated heterocycles. The summed E-state index contributed by atoms with van der Waals surface area (Å²) in [6.07, 6.45) is 2.86. The second kappa shape index (κ2) is 6.96. The van der Waals surface area contributed by atoms with E-state index < -0.39 is 10.0 Å². The fourth-order valence-corrected chi connectivity index (χ4v) is 2.88. The first-order chi connectivity index (χ1) is 9.28. The van der Waals surface area contributed by atoms with Gasteiger partial charge in [-0.2, -0.15) is 4.31 Å². The average Bonchev–Trinajstić information content (AvgIpc) is 2.38. The van der Waals surface area contributed by atoms with Gasteiger partial charge in [-0.15, -0.1) is 0 Å². The summed E-state index contributed by atoms with van der Waals surface area (Å²) in [6, 6.07) is 0. The van der Waals surface area contributed by atoms with Crippen LogP contribution in [0.15, 0.2) is 17.3 Å². The highest BCUT2D eigenvalue weighted by atomic mass is 35.5. The van der Waals surface area contributed by atoms with Crippen molar-refractivity contribution >= 4 is 27.5 Å². The zero-order valence-corrected chi connectivity index (χ0v) is 13.1. The maximum atomic E-state index is 12.4. The molecule has 1 aromatic heterocycles. The number of rotatable bonds is 6. The predicted molar refractivity (Wildman–Crippen MR) is 74.8 cm³/mol. The van der Waals surface area contributed by atoms with Gasteiger partial charge in [-0.3, -0.25) is 4.79 Å². The number of halogens is 1. The van der Waals surface area contributed by atoms with Crippen LogP contribution < -0.4 is 0 Å². The number of carbonyl (C=O) groups excluding carboxylic acids is 1. The normalized spacial score (nSPS) is 11.7. The maximum absolute atomic E-state index is 12.4. The van der Waals surface area contributed by atoms with Gasteiger partial charge in [0, 0.05) is 20.6 Å². The molecule has 0 saturated carbocycles. The van der Waals surface area contributed by atoms with E-state index in [-0.39, 0.29) is 29.2 Å². The number of nitrogens with zero attached hydrogens (tertiary/aromatic N) is 4. The summed E-state index contributed by atoms with van der Waals surface area (Å²) in [4.78, 5) is 20.3. The molecule has 9 heteroatoms. The first-order valence-corrected chi connectivity index (χ1v) is 7.78. The van der Waals surface area contributed by atoms with Crippen LogP contribution in [0.25, 0.3) is 0 Å². The van der Waals surface area contributed by atoms with Crippen LogP contribution in [0.3, 0.4) is 0 Å². The Bertz CT molecular complexity index is 560. The zero-order chi connectivity index (χ0) is 15.3. The van der Waals surface area contributed by atoms with Crippen molar-refractivity contribution in [3.05, 3.63) is 17.7 Å². The quantitative estimate of drug-likeness (QED) is 0.717. The van der Waals surface area contributed by atoms with Crippen LogP contribution in [0.4, 0.5) is 0 Å². The molecule has 20 heavy (non-hydrogen) atoms. The zero-order valence-electron chi connectivity index (χ0n) is 11.6. The molecule has 0 fully saturated rings. The molecule has 1 amide bonds. The van der Waals surface area contributed by atoms with E-state index in [9.17, 15) is 13.2 Å². The van der Waals surface area contributed by atoms with Crippen molar-refractivity contribution in [1.29, 1.82) is 0 Å². The van der Waals surface area contributed by atoms with Crippen LogP contribution in [-0.4, -0.2) is 60.7 Å². The summed E-state index contributed by atoms with van der Waals surface area (Å²) in [6.45, 7) is 1.86. The van der Waals surface area contributed by atoms with Crippen molar-refractivity contribution in [2.75, 3.05) is 27.2 Å². The fraction of sp³-hybridized carbons (Fsp3) is 0.545. The van der Waals surface area contributed by atoms with Crippen molar-refractivity contribution < 1.29 is 13.2 Å². The number of amides is 1. The molecule has 1 heterocycles. The van der Waals surface area contributed by atoms with Crippen LogP contribution in [0.2, 0.25) is 5.28 Å². The van der Waals surface area contributed by atoms with E-state index in [0.717, 1.165) is 16.7 Å². The summed E-state index contributed by atoms with van der Waals surface area (Å²) >= 11 is 5.54. The molecule has 112 valence electrons. The second-order valence-electron chi connectivity index (χ2n) is 4.31. The number of hydrogen-bond donors (Lipinski definition) is 0. The summed E-state index contributed by atoms with van der Waals surface area (Å²) in [5, 5.41) is -0.0321. The lowest BCUT2D eigenvalue weighted by molar-refractivity contribution is -0.128. The van der Waals surface area contributed by atoms with Gasteiger partial charge in [-0.05, 0) is 18.0 Å². The lowest BCUT2D eigenvalue weighted by Crippen LogP contribution is -2.40. The van der Waals surface area contributed by atoms with E-state index in [1.807, 2.05) is 6.92 Å². The molecule has 0 atom stereocenters.